The van der Waals surface area contributed by atoms with Crippen LogP contribution in [-0.4, -0.2) is 34.6 Å². The lowest BCUT2D eigenvalue weighted by Gasteiger charge is -2.09. The van der Waals surface area contributed by atoms with Gasteiger partial charge in [0.1, 0.15) is 0 Å². The van der Waals surface area contributed by atoms with Crippen molar-refractivity contribution in [2.24, 2.45) is 0 Å². The molecule has 2 N–H and O–H groups in total. The minimum absolute atomic E-state index is 0.103. The molecule has 0 aliphatic rings. The van der Waals surface area contributed by atoms with Gasteiger partial charge in [0.05, 0.1) is 11.5 Å². The van der Waals surface area contributed by atoms with Gasteiger partial charge in [0.15, 0.2) is 0 Å². The van der Waals surface area contributed by atoms with Crippen molar-refractivity contribution in [1.82, 2.24) is 4.72 Å². The molecule has 0 aromatic heterocycles. The first-order chi connectivity index (χ1) is 11.8. The Balaban J connectivity index is 2.08. The van der Waals surface area contributed by atoms with Gasteiger partial charge in [-0.15, -0.1) is 0 Å². The minimum atomic E-state index is -3.61. The molecular formula is C18H22N2O4S. The average molecular weight is 362 g/mol. The maximum Gasteiger partial charge on any atom is 0.255 e. The van der Waals surface area contributed by atoms with Crippen LogP contribution in [0.15, 0.2) is 47.4 Å². The Bertz CT molecular complexity index is 846. The van der Waals surface area contributed by atoms with Crippen molar-refractivity contribution in [3.63, 3.8) is 0 Å². The van der Waals surface area contributed by atoms with Gasteiger partial charge in [0.25, 0.3) is 5.91 Å². The maximum absolute atomic E-state index is 12.3. The molecule has 0 aliphatic carbocycles. The number of amides is 1. The largest absolute Gasteiger partial charge is 0.383 e. The number of hydrogen-bond donors (Lipinski definition) is 2. The molecule has 0 spiro atoms. The van der Waals surface area contributed by atoms with Gasteiger partial charge in [0, 0.05) is 24.9 Å². The van der Waals surface area contributed by atoms with E-state index in [1.807, 2.05) is 32.0 Å². The van der Waals surface area contributed by atoms with E-state index in [9.17, 15) is 13.2 Å². The molecule has 2 aromatic carbocycles. The molecule has 6 nitrogen and oxygen atoms in total. The van der Waals surface area contributed by atoms with Crippen LogP contribution in [0.4, 0.5) is 5.69 Å². The van der Waals surface area contributed by atoms with Gasteiger partial charge in [-0.2, -0.15) is 0 Å². The lowest BCUT2D eigenvalue weighted by atomic mass is 10.1. The first kappa shape index (κ1) is 19.1. The third-order valence-electron chi connectivity index (χ3n) is 3.79. The number of benzene rings is 2. The van der Waals surface area contributed by atoms with E-state index in [0.29, 0.717) is 11.3 Å². The summed E-state index contributed by atoms with van der Waals surface area (Å²) in [6.45, 7) is 4.45. The zero-order chi connectivity index (χ0) is 18.4. The van der Waals surface area contributed by atoms with Crippen LogP contribution in [0.25, 0.3) is 0 Å². The van der Waals surface area contributed by atoms with Crippen molar-refractivity contribution < 1.29 is 17.9 Å². The number of aryl methyl sites for hydroxylation is 2. The van der Waals surface area contributed by atoms with Gasteiger partial charge in [-0.05, 0) is 61.4 Å². The summed E-state index contributed by atoms with van der Waals surface area (Å²) < 4.78 is 31.4. The highest BCUT2D eigenvalue weighted by atomic mass is 32.2. The van der Waals surface area contributed by atoms with Gasteiger partial charge in [-0.3, -0.25) is 4.79 Å². The van der Waals surface area contributed by atoms with Crippen LogP contribution in [0.1, 0.15) is 21.5 Å². The minimum Gasteiger partial charge on any atom is -0.383 e. The summed E-state index contributed by atoms with van der Waals surface area (Å²) in [5.41, 5.74) is 3.31. The number of carbonyl (C=O) groups excluding carboxylic acids is 1. The second-order valence-electron chi connectivity index (χ2n) is 5.67. The molecule has 0 fully saturated rings. The van der Waals surface area contributed by atoms with Crippen molar-refractivity contribution >= 4 is 21.6 Å². The smallest absolute Gasteiger partial charge is 0.255 e. The quantitative estimate of drug-likeness (QED) is 0.741. The van der Waals surface area contributed by atoms with E-state index in [2.05, 4.69) is 10.0 Å². The highest BCUT2D eigenvalue weighted by Crippen LogP contribution is 2.16. The Kier molecular flexibility index (Phi) is 6.30. The zero-order valence-electron chi connectivity index (χ0n) is 14.5. The molecule has 25 heavy (non-hydrogen) atoms. The van der Waals surface area contributed by atoms with Crippen LogP contribution >= 0.6 is 0 Å². The summed E-state index contributed by atoms with van der Waals surface area (Å²) in [6, 6.07) is 11.5. The van der Waals surface area contributed by atoms with Crippen LogP contribution in [0, 0.1) is 13.8 Å². The first-order valence-corrected chi connectivity index (χ1v) is 9.29. The second kappa shape index (κ2) is 8.24. The topological polar surface area (TPSA) is 84.5 Å². The molecule has 0 saturated heterocycles. The molecule has 2 aromatic rings. The number of sulfonamides is 1. The summed E-state index contributed by atoms with van der Waals surface area (Å²) in [5.74, 6) is -0.292. The molecule has 1 amide bonds. The maximum atomic E-state index is 12.3. The number of nitrogens with one attached hydrogen (secondary N) is 2. The molecule has 7 heteroatoms. The number of rotatable bonds is 7. The first-order valence-electron chi connectivity index (χ1n) is 7.81. The number of methoxy groups -OCH3 is 1. The van der Waals surface area contributed by atoms with Gasteiger partial charge in [-0.25, -0.2) is 13.1 Å². The summed E-state index contributed by atoms with van der Waals surface area (Å²) in [7, 11) is -2.11. The van der Waals surface area contributed by atoms with Crippen LogP contribution in [0.5, 0.6) is 0 Å². The van der Waals surface area contributed by atoms with Crippen molar-refractivity contribution in [3.8, 4) is 0 Å². The third kappa shape index (κ3) is 5.12. The summed E-state index contributed by atoms with van der Waals surface area (Å²) >= 11 is 0. The zero-order valence-corrected chi connectivity index (χ0v) is 15.3. The Hall–Kier alpha value is -2.22. The van der Waals surface area contributed by atoms with Crippen LogP contribution < -0.4 is 10.0 Å². The number of carbonyl (C=O) groups is 1. The number of anilines is 1. The Morgan fingerprint density at radius 1 is 1.04 bits per heavy atom. The van der Waals surface area contributed by atoms with Crippen LogP contribution in [-0.2, 0) is 14.8 Å². The van der Waals surface area contributed by atoms with Crippen LogP contribution in [0.3, 0.4) is 0 Å². The van der Waals surface area contributed by atoms with Crippen molar-refractivity contribution in [1.29, 1.82) is 0 Å². The molecule has 0 aliphatic heterocycles. The second-order valence-corrected chi connectivity index (χ2v) is 7.44. The molecule has 2 rings (SSSR count). The Labute approximate surface area is 148 Å². The van der Waals surface area contributed by atoms with E-state index in [1.165, 1.54) is 31.4 Å². The molecule has 0 bridgehead atoms. The molecule has 0 unspecified atom stereocenters. The van der Waals surface area contributed by atoms with Gasteiger partial charge in [-0.1, -0.05) is 6.07 Å². The lowest BCUT2D eigenvalue weighted by molar-refractivity contribution is 0.102. The van der Waals surface area contributed by atoms with E-state index < -0.39 is 10.0 Å². The Morgan fingerprint density at radius 3 is 2.32 bits per heavy atom. The van der Waals surface area contributed by atoms with E-state index in [4.69, 9.17) is 4.74 Å². The average Bonchev–Trinajstić information content (AvgIpc) is 2.58. The lowest BCUT2D eigenvalue weighted by Crippen LogP contribution is -2.27. The fraction of sp³-hybridized carbons (Fsp3) is 0.278. The molecule has 0 saturated carbocycles. The standard InChI is InChI=1S/C18H22N2O4S/c1-13-4-7-16(12-14(13)2)20-18(21)15-5-8-17(9-6-15)25(22,23)19-10-11-24-3/h4-9,12,19H,10-11H2,1-3H3,(H,20,21). The summed E-state index contributed by atoms with van der Waals surface area (Å²) in [5, 5.41) is 2.81. The van der Waals surface area contributed by atoms with Gasteiger partial charge < -0.3 is 10.1 Å². The molecular weight excluding hydrogens is 340 g/mol. The van der Waals surface area contributed by atoms with Crippen molar-refractivity contribution in [2.45, 2.75) is 18.7 Å². The molecule has 0 radical (unpaired) electrons. The summed E-state index contributed by atoms with van der Waals surface area (Å²) in [4.78, 5) is 12.4. The van der Waals surface area contributed by atoms with Crippen LogP contribution in [0.2, 0.25) is 0 Å². The SMILES string of the molecule is COCCNS(=O)(=O)c1ccc(C(=O)Nc2ccc(C)c(C)c2)cc1. The predicted octanol–water partition coefficient (Wildman–Crippen LogP) is 2.48. The van der Waals surface area contributed by atoms with Gasteiger partial charge >= 0.3 is 0 Å². The Morgan fingerprint density at radius 2 is 1.72 bits per heavy atom. The summed E-state index contributed by atoms with van der Waals surface area (Å²) in [6.07, 6.45) is 0. The fourth-order valence-electron chi connectivity index (χ4n) is 2.17. The van der Waals surface area contributed by atoms with E-state index in [-0.39, 0.29) is 24.0 Å². The van der Waals surface area contributed by atoms with Gasteiger partial charge in [0.2, 0.25) is 10.0 Å². The highest BCUT2D eigenvalue weighted by Gasteiger charge is 2.14. The molecule has 0 atom stereocenters. The third-order valence-corrected chi connectivity index (χ3v) is 5.27. The molecule has 0 heterocycles. The monoisotopic (exact) mass is 362 g/mol. The van der Waals surface area contributed by atoms with Crippen molar-refractivity contribution in [3.05, 3.63) is 59.2 Å². The fourth-order valence-corrected chi connectivity index (χ4v) is 3.18. The van der Waals surface area contributed by atoms with E-state index in [0.717, 1.165) is 11.1 Å². The highest BCUT2D eigenvalue weighted by molar-refractivity contribution is 7.89. The normalized spacial score (nSPS) is 11.3. The van der Waals surface area contributed by atoms with Crippen molar-refractivity contribution in [2.75, 3.05) is 25.6 Å². The van der Waals surface area contributed by atoms with E-state index in [1.54, 1.807) is 0 Å². The number of hydrogen-bond acceptors (Lipinski definition) is 4. The predicted molar refractivity (Wildman–Crippen MR) is 97.4 cm³/mol. The molecule has 134 valence electrons. The number of ether oxygens (including phenoxy) is 1. The van der Waals surface area contributed by atoms with E-state index >= 15 is 0 Å².